The van der Waals surface area contributed by atoms with Crippen molar-refractivity contribution in [2.24, 2.45) is 17.6 Å². The second-order valence-electron chi connectivity index (χ2n) is 9.53. The molecule has 0 radical (unpaired) electrons. The molecule has 1 aromatic rings. The quantitative estimate of drug-likeness (QED) is 0.662. The average Bonchev–Trinajstić information content (AvgIpc) is 3.50. The van der Waals surface area contributed by atoms with Gasteiger partial charge in [-0.2, -0.15) is 0 Å². The zero-order valence-corrected chi connectivity index (χ0v) is 18.0. The number of hydrogen-bond donors (Lipinski definition) is 3. The number of fused-ring (bicyclic) bond motifs is 1. The molecule has 0 unspecified atom stereocenters. The predicted molar refractivity (Wildman–Crippen MR) is 116 cm³/mol. The number of rotatable bonds is 6. The van der Waals surface area contributed by atoms with Crippen LogP contribution in [0.25, 0.3) is 0 Å². The van der Waals surface area contributed by atoms with Gasteiger partial charge in [0.1, 0.15) is 11.4 Å². The normalized spacial score (nSPS) is 27.3. The summed E-state index contributed by atoms with van der Waals surface area (Å²) < 4.78 is 0. The van der Waals surface area contributed by atoms with Crippen molar-refractivity contribution < 1.29 is 9.59 Å². The van der Waals surface area contributed by atoms with Crippen LogP contribution in [0.1, 0.15) is 68.9 Å². The minimum Gasteiger partial charge on any atom is -0.383 e. The minimum atomic E-state index is -0.699. The Labute approximate surface area is 179 Å². The molecule has 2 aliphatic carbocycles. The van der Waals surface area contributed by atoms with E-state index < -0.39 is 11.6 Å². The SMILES string of the molecule is Cc1cc(CNC(=O)[C@]23C[C@H]2CCCN3C(=O)[C@H](N)CC2CCCCC2)cnc1N. The van der Waals surface area contributed by atoms with E-state index in [2.05, 4.69) is 10.3 Å². The molecular weight excluding hydrogens is 378 g/mol. The molecule has 0 spiro atoms. The van der Waals surface area contributed by atoms with Gasteiger partial charge in [0.15, 0.2) is 0 Å². The molecule has 7 nitrogen and oxygen atoms in total. The largest absolute Gasteiger partial charge is 0.383 e. The van der Waals surface area contributed by atoms with E-state index in [-0.39, 0.29) is 17.7 Å². The lowest BCUT2D eigenvalue weighted by molar-refractivity contribution is -0.145. The third-order valence-corrected chi connectivity index (χ3v) is 7.41. The number of aryl methyl sites for hydroxylation is 1. The summed E-state index contributed by atoms with van der Waals surface area (Å²) in [7, 11) is 0. The Morgan fingerprint density at radius 3 is 2.77 bits per heavy atom. The van der Waals surface area contributed by atoms with Crippen molar-refractivity contribution in [3.05, 3.63) is 23.4 Å². The first-order valence-corrected chi connectivity index (χ1v) is 11.5. The van der Waals surface area contributed by atoms with E-state index in [9.17, 15) is 9.59 Å². The Hall–Kier alpha value is -2.15. The van der Waals surface area contributed by atoms with E-state index in [0.29, 0.717) is 24.8 Å². The zero-order valence-electron chi connectivity index (χ0n) is 18.0. The number of nitrogens with two attached hydrogens (primary N) is 2. The van der Waals surface area contributed by atoms with Crippen molar-refractivity contribution in [1.29, 1.82) is 0 Å². The molecule has 4 rings (SSSR count). The number of amides is 2. The first-order chi connectivity index (χ1) is 14.4. The maximum atomic E-state index is 13.3. The van der Waals surface area contributed by atoms with Crippen LogP contribution in [-0.2, 0) is 16.1 Å². The van der Waals surface area contributed by atoms with Gasteiger partial charge in [-0.1, -0.05) is 32.1 Å². The number of nitrogen functional groups attached to an aromatic ring is 1. The lowest BCUT2D eigenvalue weighted by Crippen LogP contribution is -2.58. The van der Waals surface area contributed by atoms with Crippen molar-refractivity contribution in [1.82, 2.24) is 15.2 Å². The van der Waals surface area contributed by atoms with Gasteiger partial charge in [0.05, 0.1) is 6.04 Å². The topological polar surface area (TPSA) is 114 Å². The molecule has 5 N–H and O–H groups in total. The highest BCUT2D eigenvalue weighted by molar-refractivity contribution is 5.96. The van der Waals surface area contributed by atoms with E-state index in [1.807, 2.05) is 17.9 Å². The fourth-order valence-corrected chi connectivity index (χ4v) is 5.55. The third-order valence-electron chi connectivity index (χ3n) is 7.41. The summed E-state index contributed by atoms with van der Waals surface area (Å²) in [5.74, 6) is 1.21. The Balaban J connectivity index is 1.40. The summed E-state index contributed by atoms with van der Waals surface area (Å²) in [6.45, 7) is 2.92. The standard InChI is InChI=1S/C23H35N5O2/c1-15-10-17(13-26-20(15)25)14-27-22(30)23-12-18(23)8-5-9-28(23)21(29)19(24)11-16-6-3-2-4-7-16/h10,13,16,18-19H,2-9,11-12,14,24H2,1H3,(H2,25,26)(H,27,30)/t18-,19-,23+/m1/s1. The Bertz CT molecular complexity index is 807. The molecule has 3 aliphatic rings. The van der Waals surface area contributed by atoms with Crippen LogP contribution in [0.2, 0.25) is 0 Å². The fraction of sp³-hybridized carbons (Fsp3) is 0.696. The summed E-state index contributed by atoms with van der Waals surface area (Å²) in [5.41, 5.74) is 13.3. The summed E-state index contributed by atoms with van der Waals surface area (Å²) in [6.07, 6.45) is 11.2. The second-order valence-corrected chi connectivity index (χ2v) is 9.53. The number of hydrogen-bond acceptors (Lipinski definition) is 5. The lowest BCUT2D eigenvalue weighted by atomic mass is 9.84. The number of nitrogens with zero attached hydrogens (tertiary/aromatic N) is 2. The first kappa shape index (κ1) is 21.1. The Kier molecular flexibility index (Phi) is 6.00. The molecule has 3 atom stereocenters. The molecule has 3 fully saturated rings. The monoisotopic (exact) mass is 413 g/mol. The molecule has 0 bridgehead atoms. The van der Waals surface area contributed by atoms with Gasteiger partial charge >= 0.3 is 0 Å². The molecule has 1 aliphatic heterocycles. The number of pyridine rings is 1. The molecule has 30 heavy (non-hydrogen) atoms. The van der Waals surface area contributed by atoms with Gasteiger partial charge in [-0.3, -0.25) is 9.59 Å². The highest BCUT2D eigenvalue weighted by Gasteiger charge is 2.66. The van der Waals surface area contributed by atoms with Gasteiger partial charge in [0.2, 0.25) is 11.8 Å². The van der Waals surface area contributed by atoms with Gasteiger partial charge < -0.3 is 21.7 Å². The van der Waals surface area contributed by atoms with Crippen LogP contribution in [-0.4, -0.2) is 39.8 Å². The smallest absolute Gasteiger partial charge is 0.246 e. The van der Waals surface area contributed by atoms with Gasteiger partial charge in [-0.15, -0.1) is 0 Å². The molecule has 2 saturated carbocycles. The number of aromatic nitrogens is 1. The van der Waals surface area contributed by atoms with Crippen LogP contribution in [0, 0.1) is 18.8 Å². The minimum absolute atomic E-state index is 0.0390. The van der Waals surface area contributed by atoms with Crippen molar-refractivity contribution in [3.63, 3.8) is 0 Å². The number of anilines is 1. The molecule has 2 heterocycles. The molecule has 0 aromatic carbocycles. The Morgan fingerprint density at radius 2 is 2.03 bits per heavy atom. The van der Waals surface area contributed by atoms with E-state index in [4.69, 9.17) is 11.5 Å². The molecule has 7 heteroatoms. The molecule has 2 amide bonds. The second kappa shape index (κ2) is 8.53. The predicted octanol–water partition coefficient (Wildman–Crippen LogP) is 2.27. The number of piperidine rings is 1. The average molecular weight is 414 g/mol. The number of carbonyl (C=O) groups excluding carboxylic acids is 2. The maximum Gasteiger partial charge on any atom is 0.246 e. The van der Waals surface area contributed by atoms with Gasteiger partial charge in [-0.25, -0.2) is 4.98 Å². The fourth-order valence-electron chi connectivity index (χ4n) is 5.55. The number of likely N-dealkylation sites (tertiary alicyclic amines) is 1. The van der Waals surface area contributed by atoms with Crippen LogP contribution in [0.5, 0.6) is 0 Å². The van der Waals surface area contributed by atoms with Crippen LogP contribution >= 0.6 is 0 Å². The highest BCUT2D eigenvalue weighted by atomic mass is 16.2. The van der Waals surface area contributed by atoms with Crippen LogP contribution < -0.4 is 16.8 Å². The molecule has 164 valence electrons. The molecular formula is C23H35N5O2. The van der Waals surface area contributed by atoms with Crippen molar-refractivity contribution >= 4 is 17.6 Å². The van der Waals surface area contributed by atoms with Crippen LogP contribution in [0.15, 0.2) is 12.3 Å². The number of nitrogens with one attached hydrogen (secondary N) is 1. The summed E-state index contributed by atoms with van der Waals surface area (Å²) >= 11 is 0. The molecule has 1 saturated heterocycles. The van der Waals surface area contributed by atoms with Crippen LogP contribution in [0.3, 0.4) is 0 Å². The summed E-state index contributed by atoms with van der Waals surface area (Å²) in [6, 6.07) is 1.44. The Morgan fingerprint density at radius 1 is 1.27 bits per heavy atom. The highest BCUT2D eigenvalue weighted by Crippen LogP contribution is 2.54. The summed E-state index contributed by atoms with van der Waals surface area (Å²) in [4.78, 5) is 32.5. The lowest BCUT2D eigenvalue weighted by Gasteiger charge is -2.37. The van der Waals surface area contributed by atoms with Crippen molar-refractivity contribution in [2.45, 2.75) is 82.8 Å². The third kappa shape index (κ3) is 4.04. The van der Waals surface area contributed by atoms with E-state index in [1.54, 1.807) is 6.20 Å². The van der Waals surface area contributed by atoms with E-state index in [1.165, 1.54) is 32.1 Å². The van der Waals surface area contributed by atoms with Gasteiger partial charge in [0.25, 0.3) is 0 Å². The van der Waals surface area contributed by atoms with Gasteiger partial charge in [0, 0.05) is 19.3 Å². The van der Waals surface area contributed by atoms with E-state index >= 15 is 0 Å². The molecule has 1 aromatic heterocycles. The zero-order chi connectivity index (χ0) is 21.3. The van der Waals surface area contributed by atoms with Crippen molar-refractivity contribution in [2.75, 3.05) is 12.3 Å². The summed E-state index contributed by atoms with van der Waals surface area (Å²) in [5, 5.41) is 3.05. The first-order valence-electron chi connectivity index (χ1n) is 11.5. The van der Waals surface area contributed by atoms with Crippen molar-refractivity contribution in [3.8, 4) is 0 Å². The van der Waals surface area contributed by atoms with Crippen LogP contribution in [0.4, 0.5) is 5.82 Å². The maximum absolute atomic E-state index is 13.3. The van der Waals surface area contributed by atoms with Gasteiger partial charge in [-0.05, 0) is 61.6 Å². The van der Waals surface area contributed by atoms with E-state index in [0.717, 1.165) is 36.8 Å². The number of carbonyl (C=O) groups is 2.